The highest BCUT2D eigenvalue weighted by Gasteiger charge is 2.59. The van der Waals surface area contributed by atoms with E-state index in [4.69, 9.17) is 11.6 Å². The Hall–Kier alpha value is 0.0300. The lowest BCUT2D eigenvalue weighted by Crippen LogP contribution is -2.26. The maximum atomic E-state index is 6.15. The van der Waals surface area contributed by atoms with E-state index in [1.54, 1.807) is 0 Å². The van der Waals surface area contributed by atoms with Crippen LogP contribution in [0.25, 0.3) is 0 Å². The molecule has 0 N–H and O–H groups in total. The number of allylic oxidation sites excluding steroid dienone is 2. The highest BCUT2D eigenvalue weighted by atomic mass is 35.5. The minimum Gasteiger partial charge on any atom is -0.122 e. The molecule has 0 aromatic heterocycles. The van der Waals surface area contributed by atoms with Gasteiger partial charge in [0, 0.05) is 5.38 Å². The van der Waals surface area contributed by atoms with Gasteiger partial charge >= 0.3 is 0 Å². The summed E-state index contributed by atoms with van der Waals surface area (Å²) in [6.45, 7) is 0. The van der Waals surface area contributed by atoms with Crippen molar-refractivity contribution >= 4 is 11.6 Å². The van der Waals surface area contributed by atoms with Crippen LogP contribution in [0.4, 0.5) is 0 Å². The average Bonchev–Trinajstić information content (AvgIpc) is 2.26. The summed E-state index contributed by atoms with van der Waals surface area (Å²) in [6, 6.07) is 0. The first-order valence-corrected chi connectivity index (χ1v) is 4.14. The molecule has 0 aromatic carbocycles. The summed E-state index contributed by atoms with van der Waals surface area (Å²) in [6.07, 6.45) is 6.12. The zero-order valence-corrected chi connectivity index (χ0v) is 5.88. The van der Waals surface area contributed by atoms with E-state index in [-0.39, 0.29) is 0 Å². The van der Waals surface area contributed by atoms with Gasteiger partial charge in [0.2, 0.25) is 0 Å². The van der Waals surface area contributed by atoms with E-state index in [1.165, 1.54) is 6.42 Å². The molecule has 5 unspecified atom stereocenters. The Morgan fingerprint density at radius 2 is 1.89 bits per heavy atom. The first-order valence-electron chi connectivity index (χ1n) is 3.70. The fourth-order valence-electron chi connectivity index (χ4n) is 2.82. The van der Waals surface area contributed by atoms with Crippen LogP contribution in [0.2, 0.25) is 0 Å². The van der Waals surface area contributed by atoms with Gasteiger partial charge < -0.3 is 0 Å². The fourth-order valence-corrected chi connectivity index (χ4v) is 3.36. The Balaban J connectivity index is 2.11. The summed E-state index contributed by atoms with van der Waals surface area (Å²) >= 11 is 6.15. The summed E-state index contributed by atoms with van der Waals surface area (Å²) in [5.74, 6) is 3.50. The Labute approximate surface area is 59.9 Å². The molecular formula is C8H9Cl. The molecule has 0 heterocycles. The predicted molar refractivity (Wildman–Crippen MR) is 37.4 cm³/mol. The predicted octanol–water partition coefficient (Wildman–Crippen LogP) is 2.05. The molecule has 4 rings (SSSR count). The lowest BCUT2D eigenvalue weighted by molar-refractivity contribution is 0.212. The van der Waals surface area contributed by atoms with Crippen LogP contribution in [0.5, 0.6) is 0 Å². The van der Waals surface area contributed by atoms with Crippen LogP contribution >= 0.6 is 11.6 Å². The van der Waals surface area contributed by atoms with E-state index in [1.807, 2.05) is 0 Å². The van der Waals surface area contributed by atoms with Crippen LogP contribution in [0, 0.1) is 23.7 Å². The summed E-state index contributed by atoms with van der Waals surface area (Å²) in [4.78, 5) is 0. The average molecular weight is 141 g/mol. The molecule has 5 atom stereocenters. The molecule has 3 saturated carbocycles. The van der Waals surface area contributed by atoms with Gasteiger partial charge in [-0.15, -0.1) is 11.6 Å². The summed E-state index contributed by atoms with van der Waals surface area (Å²) in [5.41, 5.74) is 0. The van der Waals surface area contributed by atoms with Crippen molar-refractivity contribution in [1.29, 1.82) is 0 Å². The van der Waals surface area contributed by atoms with Gasteiger partial charge in [0.1, 0.15) is 0 Å². The molecule has 1 heteroatoms. The first kappa shape index (κ1) is 4.79. The maximum absolute atomic E-state index is 6.15. The third-order valence-electron chi connectivity index (χ3n) is 3.36. The molecule has 0 saturated heterocycles. The van der Waals surface area contributed by atoms with Gasteiger partial charge in [-0.05, 0) is 30.1 Å². The van der Waals surface area contributed by atoms with E-state index in [0.717, 1.165) is 23.7 Å². The Kier molecular flexibility index (Phi) is 0.649. The van der Waals surface area contributed by atoms with E-state index >= 15 is 0 Å². The van der Waals surface area contributed by atoms with E-state index in [9.17, 15) is 0 Å². The van der Waals surface area contributed by atoms with Crippen molar-refractivity contribution < 1.29 is 0 Å². The second kappa shape index (κ2) is 1.22. The second-order valence-electron chi connectivity index (χ2n) is 3.55. The van der Waals surface area contributed by atoms with Gasteiger partial charge in [-0.1, -0.05) is 12.2 Å². The van der Waals surface area contributed by atoms with Gasteiger partial charge in [-0.2, -0.15) is 0 Å². The highest BCUT2D eigenvalue weighted by Crippen LogP contribution is 2.63. The Morgan fingerprint density at radius 3 is 2.33 bits per heavy atom. The summed E-state index contributed by atoms with van der Waals surface area (Å²) in [5, 5.41) is 0.505. The molecule has 48 valence electrons. The molecule has 4 aliphatic rings. The molecule has 9 heavy (non-hydrogen) atoms. The zero-order valence-electron chi connectivity index (χ0n) is 5.13. The van der Waals surface area contributed by atoms with Crippen LogP contribution in [0.15, 0.2) is 12.2 Å². The molecule has 0 amide bonds. The Bertz CT molecular complexity index is 185. The smallest absolute Gasteiger partial charge is 0.0435 e. The van der Waals surface area contributed by atoms with Gasteiger partial charge in [0.25, 0.3) is 0 Å². The van der Waals surface area contributed by atoms with Crippen molar-refractivity contribution in [3.63, 3.8) is 0 Å². The van der Waals surface area contributed by atoms with Gasteiger partial charge in [0.05, 0.1) is 0 Å². The molecular weight excluding hydrogens is 132 g/mol. The number of alkyl halides is 1. The number of hydrogen-bond acceptors (Lipinski definition) is 0. The summed E-state index contributed by atoms with van der Waals surface area (Å²) < 4.78 is 0. The molecule has 0 aliphatic heterocycles. The van der Waals surface area contributed by atoms with Crippen molar-refractivity contribution in [1.82, 2.24) is 0 Å². The number of hydrogen-bond donors (Lipinski definition) is 0. The highest BCUT2D eigenvalue weighted by molar-refractivity contribution is 6.21. The van der Waals surface area contributed by atoms with Crippen LogP contribution in [0.3, 0.4) is 0 Å². The molecule has 0 spiro atoms. The van der Waals surface area contributed by atoms with Gasteiger partial charge in [-0.25, -0.2) is 0 Å². The maximum Gasteiger partial charge on any atom is 0.0435 e. The first-order chi connectivity index (χ1) is 4.38. The third kappa shape index (κ3) is 0.346. The molecule has 0 aromatic rings. The lowest BCUT2D eigenvalue weighted by Gasteiger charge is -2.31. The Morgan fingerprint density at radius 1 is 1.11 bits per heavy atom. The second-order valence-corrected chi connectivity index (χ2v) is 4.05. The SMILES string of the molecule is ClC1C2C=CC3C1CC23. The topological polar surface area (TPSA) is 0 Å². The van der Waals surface area contributed by atoms with Crippen molar-refractivity contribution in [3.8, 4) is 0 Å². The molecule has 0 radical (unpaired) electrons. The van der Waals surface area contributed by atoms with Crippen LogP contribution in [0.1, 0.15) is 6.42 Å². The van der Waals surface area contributed by atoms with Crippen molar-refractivity contribution in [2.24, 2.45) is 23.7 Å². The standard InChI is InChI=1S/C8H9Cl/c9-8-5-2-1-4-6(5)3-7(4)8/h1-2,4-8H,3H2. The normalized spacial score (nSPS) is 66.6. The van der Waals surface area contributed by atoms with Gasteiger partial charge in [0.15, 0.2) is 0 Å². The fraction of sp³-hybridized carbons (Fsp3) is 0.750. The van der Waals surface area contributed by atoms with E-state index in [0.29, 0.717) is 5.38 Å². The lowest BCUT2D eigenvalue weighted by atomic mass is 9.74. The van der Waals surface area contributed by atoms with Crippen LogP contribution in [-0.4, -0.2) is 5.38 Å². The minimum absolute atomic E-state index is 0.505. The van der Waals surface area contributed by atoms with Crippen LogP contribution < -0.4 is 0 Å². The monoisotopic (exact) mass is 140 g/mol. The number of rotatable bonds is 0. The zero-order chi connectivity index (χ0) is 6.01. The minimum atomic E-state index is 0.505. The van der Waals surface area contributed by atoms with E-state index < -0.39 is 0 Å². The third-order valence-corrected chi connectivity index (χ3v) is 3.97. The van der Waals surface area contributed by atoms with Gasteiger partial charge in [-0.3, -0.25) is 0 Å². The molecule has 4 aliphatic carbocycles. The summed E-state index contributed by atoms with van der Waals surface area (Å²) in [7, 11) is 0. The largest absolute Gasteiger partial charge is 0.122 e. The van der Waals surface area contributed by atoms with Crippen LogP contribution in [-0.2, 0) is 0 Å². The van der Waals surface area contributed by atoms with Crippen molar-refractivity contribution in [2.75, 3.05) is 0 Å². The molecule has 4 bridgehead atoms. The van der Waals surface area contributed by atoms with Crippen molar-refractivity contribution in [2.45, 2.75) is 11.8 Å². The molecule has 0 nitrogen and oxygen atoms in total. The molecule has 3 fully saturated rings. The van der Waals surface area contributed by atoms with Crippen molar-refractivity contribution in [3.05, 3.63) is 12.2 Å². The number of halogens is 1. The van der Waals surface area contributed by atoms with E-state index in [2.05, 4.69) is 12.2 Å². The quantitative estimate of drug-likeness (QED) is 0.357.